The van der Waals surface area contributed by atoms with E-state index in [1.54, 1.807) is 0 Å². The van der Waals surface area contributed by atoms with Crippen LogP contribution in [0.15, 0.2) is 0 Å². The van der Waals surface area contributed by atoms with E-state index >= 15 is 0 Å². The monoisotopic (exact) mass is 130 g/mol. The van der Waals surface area contributed by atoms with Crippen LogP contribution in [0.2, 0.25) is 0 Å². The van der Waals surface area contributed by atoms with E-state index in [1.165, 1.54) is 0 Å². The van der Waals surface area contributed by atoms with E-state index < -0.39 is 0 Å². The Kier molecular flexibility index (Phi) is 81400. The molecule has 0 saturated heterocycles. The molecule has 0 aliphatic heterocycles. The standard InChI is InChI=1S/FH.Fe.3H2O/h1H;;3*1H2/q;+3;;;. The van der Waals surface area contributed by atoms with Gasteiger partial charge in [0.1, 0.15) is 0 Å². The zero-order chi connectivity index (χ0) is 0. The van der Waals surface area contributed by atoms with Crippen molar-refractivity contribution in [3.05, 3.63) is 0 Å². The molecule has 0 aromatic rings. The fourth-order valence-electron chi connectivity index (χ4n) is 0. The third-order valence-electron chi connectivity index (χ3n) is 0. The van der Waals surface area contributed by atoms with E-state index in [0.717, 1.165) is 0 Å². The maximum atomic E-state index is 0. The molecule has 1 radical (unpaired) electrons. The minimum Gasteiger partial charge on any atom is -0.412 e. The molecule has 0 fully saturated rings. The van der Waals surface area contributed by atoms with Gasteiger partial charge in [-0.05, 0) is 0 Å². The molecule has 0 amide bonds. The van der Waals surface area contributed by atoms with Crippen LogP contribution in [0.4, 0.5) is 4.70 Å². The van der Waals surface area contributed by atoms with E-state index in [2.05, 4.69) is 0 Å². The van der Waals surface area contributed by atoms with Gasteiger partial charge in [0.05, 0.1) is 0 Å². The summed E-state index contributed by atoms with van der Waals surface area (Å²) in [7, 11) is 0. The second-order valence-corrected chi connectivity index (χ2v) is 0. The van der Waals surface area contributed by atoms with Crippen LogP contribution in [0.3, 0.4) is 0 Å². The molecule has 37 valence electrons. The summed E-state index contributed by atoms with van der Waals surface area (Å²) >= 11 is 0. The predicted octanol–water partition coefficient (Wildman–Crippen LogP) is -2.32. The van der Waals surface area contributed by atoms with Gasteiger partial charge in [0.25, 0.3) is 0 Å². The van der Waals surface area contributed by atoms with Gasteiger partial charge in [-0.3, -0.25) is 4.70 Å². The Morgan fingerprint density at radius 1 is 0.600 bits per heavy atom. The van der Waals surface area contributed by atoms with E-state index in [0.29, 0.717) is 0 Å². The summed E-state index contributed by atoms with van der Waals surface area (Å²) in [6.45, 7) is 0. The molecular formula is H7FFeO3+3. The Morgan fingerprint density at radius 3 is 0.600 bits per heavy atom. The third kappa shape index (κ3) is 216. The minimum absolute atomic E-state index is 0. The first-order chi connectivity index (χ1) is 0. The van der Waals surface area contributed by atoms with E-state index in [9.17, 15) is 0 Å². The van der Waals surface area contributed by atoms with Crippen molar-refractivity contribution in [1.29, 1.82) is 0 Å². The quantitative estimate of drug-likeness (QED) is 0.329. The normalized spacial score (nSPS) is 0. The second kappa shape index (κ2) is 442. The fraction of sp³-hybridized carbons (Fsp3) is 0. The Morgan fingerprint density at radius 2 is 0.600 bits per heavy atom. The van der Waals surface area contributed by atoms with Crippen molar-refractivity contribution >= 4 is 0 Å². The largest absolute Gasteiger partial charge is 3.00 e. The molecular weight excluding hydrogens is 123 g/mol. The van der Waals surface area contributed by atoms with Crippen molar-refractivity contribution < 1.29 is 38.2 Å². The van der Waals surface area contributed by atoms with Crippen LogP contribution in [0.1, 0.15) is 0 Å². The van der Waals surface area contributed by atoms with Gasteiger partial charge in [-0.25, -0.2) is 0 Å². The maximum Gasteiger partial charge on any atom is 3.00 e. The van der Waals surface area contributed by atoms with Crippen molar-refractivity contribution in [3.63, 3.8) is 0 Å². The zero-order valence-electron chi connectivity index (χ0n) is 2.26. The predicted molar refractivity (Wildman–Crippen MR) is 13.3 cm³/mol. The second-order valence-electron chi connectivity index (χ2n) is 0. The van der Waals surface area contributed by atoms with Gasteiger partial charge in [0, 0.05) is 0 Å². The van der Waals surface area contributed by atoms with Crippen molar-refractivity contribution in [2.75, 3.05) is 0 Å². The van der Waals surface area contributed by atoms with Crippen LogP contribution in [0.5, 0.6) is 0 Å². The van der Waals surface area contributed by atoms with Crippen LogP contribution in [-0.2, 0) is 17.1 Å². The third-order valence-corrected chi connectivity index (χ3v) is 0. The summed E-state index contributed by atoms with van der Waals surface area (Å²) in [5, 5.41) is 0. The van der Waals surface area contributed by atoms with Gasteiger partial charge < -0.3 is 16.4 Å². The molecule has 0 aliphatic carbocycles. The van der Waals surface area contributed by atoms with Crippen molar-refractivity contribution in [3.8, 4) is 0 Å². The number of halogens is 1. The van der Waals surface area contributed by atoms with Gasteiger partial charge in [0.15, 0.2) is 0 Å². The first-order valence-corrected chi connectivity index (χ1v) is 0. The SMILES string of the molecule is F.O.O.O.[Fe+3]. The first-order valence-electron chi connectivity index (χ1n) is 0. The molecule has 0 aromatic heterocycles. The maximum absolute atomic E-state index is 0. The van der Waals surface area contributed by atoms with Crippen molar-refractivity contribution in [1.82, 2.24) is 0 Å². The average molecular weight is 130 g/mol. The van der Waals surface area contributed by atoms with Crippen LogP contribution >= 0.6 is 0 Å². The van der Waals surface area contributed by atoms with E-state index in [1.807, 2.05) is 0 Å². The molecule has 5 heteroatoms. The fourth-order valence-corrected chi connectivity index (χ4v) is 0. The zero-order valence-corrected chi connectivity index (χ0v) is 3.37. The smallest absolute Gasteiger partial charge is 0.412 e. The van der Waals surface area contributed by atoms with Crippen LogP contribution in [-0.4, -0.2) is 16.4 Å². The number of hydrogen-bond donors (Lipinski definition) is 0. The molecule has 0 aliphatic rings. The summed E-state index contributed by atoms with van der Waals surface area (Å²) in [6.07, 6.45) is 0. The first kappa shape index (κ1) is 920. The van der Waals surface area contributed by atoms with Crippen molar-refractivity contribution in [2.45, 2.75) is 0 Å². The number of rotatable bonds is 0. The average Bonchev–Trinajstić information content (AvgIpc) is 0. The molecule has 0 spiro atoms. The summed E-state index contributed by atoms with van der Waals surface area (Å²) in [5.41, 5.74) is 0. The van der Waals surface area contributed by atoms with Crippen LogP contribution < -0.4 is 0 Å². The molecule has 3 nitrogen and oxygen atoms in total. The number of hydrogen-bond acceptors (Lipinski definition) is 0. The van der Waals surface area contributed by atoms with Gasteiger partial charge >= 0.3 is 17.1 Å². The summed E-state index contributed by atoms with van der Waals surface area (Å²) in [4.78, 5) is 0. The van der Waals surface area contributed by atoms with Gasteiger partial charge in [-0.2, -0.15) is 0 Å². The molecule has 0 saturated carbocycles. The summed E-state index contributed by atoms with van der Waals surface area (Å²) < 4.78 is 0. The molecule has 0 aromatic carbocycles. The Labute approximate surface area is 39.1 Å². The molecule has 0 atom stereocenters. The van der Waals surface area contributed by atoms with Gasteiger partial charge in [-0.1, -0.05) is 0 Å². The van der Waals surface area contributed by atoms with Gasteiger partial charge in [0.2, 0.25) is 0 Å². The molecule has 0 rings (SSSR count). The Hall–Kier alpha value is 0.329. The molecule has 6 N–H and O–H groups in total. The molecule has 5 heavy (non-hydrogen) atoms. The Balaban J connectivity index is 0. The van der Waals surface area contributed by atoms with E-state index in [-0.39, 0.29) is 38.2 Å². The molecule has 0 unspecified atom stereocenters. The minimum atomic E-state index is 0. The Bertz CT molecular complexity index is 6.85. The van der Waals surface area contributed by atoms with E-state index in [4.69, 9.17) is 0 Å². The molecule has 0 heterocycles. The van der Waals surface area contributed by atoms with Crippen molar-refractivity contribution in [2.24, 2.45) is 0 Å². The topological polar surface area (TPSA) is 94.5 Å². The van der Waals surface area contributed by atoms with Crippen LogP contribution in [0, 0.1) is 0 Å². The summed E-state index contributed by atoms with van der Waals surface area (Å²) in [5.74, 6) is 0. The van der Waals surface area contributed by atoms with Crippen LogP contribution in [0.25, 0.3) is 0 Å². The summed E-state index contributed by atoms with van der Waals surface area (Å²) in [6, 6.07) is 0. The molecule has 0 bridgehead atoms. The van der Waals surface area contributed by atoms with Gasteiger partial charge in [-0.15, -0.1) is 0 Å².